The zero-order valence-electron chi connectivity index (χ0n) is 15.6. The van der Waals surface area contributed by atoms with E-state index >= 15 is 0 Å². The van der Waals surface area contributed by atoms with Crippen LogP contribution in [-0.2, 0) is 20.9 Å². The fourth-order valence-electron chi connectivity index (χ4n) is 3.03. The maximum Gasteiger partial charge on any atom is 0.325 e. The van der Waals surface area contributed by atoms with Crippen LogP contribution in [0.4, 0.5) is 0 Å². The summed E-state index contributed by atoms with van der Waals surface area (Å²) in [5.41, 5.74) is 0.786. The summed E-state index contributed by atoms with van der Waals surface area (Å²) < 4.78 is 19.9. The highest BCUT2D eigenvalue weighted by Crippen LogP contribution is 2.33. The van der Waals surface area contributed by atoms with E-state index in [4.69, 9.17) is 14.2 Å². The van der Waals surface area contributed by atoms with Crippen molar-refractivity contribution in [2.75, 3.05) is 7.11 Å². The van der Waals surface area contributed by atoms with E-state index in [1.54, 1.807) is 23.6 Å². The standard InChI is InChI=1S/C20H17BrN2O5S/c1-11-18(28-15-6-4-3-5-14(15)27-11)19(25)22-20-23(10-17(24)26-2)13-8-7-12(21)9-16(13)29-20/h3-9,11,18H,10H2,1-2H3. The first-order valence-corrected chi connectivity index (χ1v) is 10.4. The number of ether oxygens (including phenoxy) is 3. The number of nitrogens with zero attached hydrogens (tertiary/aromatic N) is 2. The topological polar surface area (TPSA) is 79.1 Å². The average Bonchev–Trinajstić information content (AvgIpc) is 3.03. The first-order chi connectivity index (χ1) is 14.0. The monoisotopic (exact) mass is 476 g/mol. The summed E-state index contributed by atoms with van der Waals surface area (Å²) in [6, 6.07) is 12.8. The third kappa shape index (κ3) is 3.92. The molecule has 29 heavy (non-hydrogen) atoms. The highest BCUT2D eigenvalue weighted by molar-refractivity contribution is 9.10. The van der Waals surface area contributed by atoms with Crippen molar-refractivity contribution in [3.8, 4) is 11.5 Å². The second kappa shape index (κ2) is 8.00. The predicted molar refractivity (Wildman–Crippen MR) is 111 cm³/mol. The molecule has 4 rings (SSSR count). The van der Waals surface area contributed by atoms with Gasteiger partial charge in [-0.15, -0.1) is 0 Å². The van der Waals surface area contributed by atoms with Crippen LogP contribution in [-0.4, -0.2) is 35.8 Å². The minimum absolute atomic E-state index is 0.0509. The Kier molecular flexibility index (Phi) is 5.42. The van der Waals surface area contributed by atoms with Gasteiger partial charge in [-0.1, -0.05) is 39.4 Å². The molecule has 0 fully saturated rings. The zero-order chi connectivity index (χ0) is 20.5. The van der Waals surface area contributed by atoms with Gasteiger partial charge in [0.25, 0.3) is 5.91 Å². The second-order valence-electron chi connectivity index (χ2n) is 6.42. The van der Waals surface area contributed by atoms with E-state index in [0.29, 0.717) is 16.3 Å². The molecule has 0 bridgehead atoms. The van der Waals surface area contributed by atoms with Crippen molar-refractivity contribution < 1.29 is 23.8 Å². The SMILES string of the molecule is COC(=O)Cn1c(=NC(=O)C2Oc3ccccc3OC2C)sc2cc(Br)ccc21. The second-order valence-corrected chi connectivity index (χ2v) is 8.34. The van der Waals surface area contributed by atoms with Crippen LogP contribution in [0.1, 0.15) is 6.92 Å². The van der Waals surface area contributed by atoms with Crippen molar-refractivity contribution in [3.63, 3.8) is 0 Å². The molecule has 2 aromatic carbocycles. The fourth-order valence-corrected chi connectivity index (χ4v) is 4.61. The van der Waals surface area contributed by atoms with Crippen molar-refractivity contribution in [1.29, 1.82) is 0 Å². The minimum atomic E-state index is -0.881. The average molecular weight is 477 g/mol. The molecule has 9 heteroatoms. The summed E-state index contributed by atoms with van der Waals surface area (Å²) in [5, 5.41) is 0. The summed E-state index contributed by atoms with van der Waals surface area (Å²) in [6.07, 6.45) is -1.38. The molecule has 0 radical (unpaired) electrons. The van der Waals surface area contributed by atoms with Crippen molar-refractivity contribution in [2.45, 2.75) is 25.7 Å². The number of esters is 1. The van der Waals surface area contributed by atoms with Gasteiger partial charge in [0.05, 0.1) is 17.3 Å². The number of benzene rings is 2. The van der Waals surface area contributed by atoms with E-state index in [-0.39, 0.29) is 6.54 Å². The number of aromatic nitrogens is 1. The number of carbonyl (C=O) groups excluding carboxylic acids is 2. The Morgan fingerprint density at radius 1 is 1.21 bits per heavy atom. The van der Waals surface area contributed by atoms with E-state index in [1.165, 1.54) is 18.4 Å². The molecule has 7 nitrogen and oxygen atoms in total. The first-order valence-electron chi connectivity index (χ1n) is 8.83. The Morgan fingerprint density at radius 2 is 1.93 bits per heavy atom. The summed E-state index contributed by atoms with van der Waals surface area (Å²) in [6.45, 7) is 1.71. The number of rotatable bonds is 3. The van der Waals surface area contributed by atoms with E-state index in [9.17, 15) is 9.59 Å². The number of amides is 1. The molecule has 2 unspecified atom stereocenters. The van der Waals surface area contributed by atoms with Gasteiger partial charge >= 0.3 is 5.97 Å². The van der Waals surface area contributed by atoms with Crippen LogP contribution in [0.2, 0.25) is 0 Å². The number of carbonyl (C=O) groups is 2. The highest BCUT2D eigenvalue weighted by Gasteiger charge is 2.34. The molecule has 0 aliphatic carbocycles. The molecule has 0 saturated carbocycles. The maximum atomic E-state index is 12.9. The third-order valence-electron chi connectivity index (χ3n) is 4.45. The Morgan fingerprint density at radius 3 is 2.66 bits per heavy atom. The van der Waals surface area contributed by atoms with E-state index < -0.39 is 24.1 Å². The number of hydrogen-bond donors (Lipinski definition) is 0. The van der Waals surface area contributed by atoms with Crippen molar-refractivity contribution >= 4 is 49.4 Å². The number of halogens is 1. The van der Waals surface area contributed by atoms with Gasteiger partial charge in [0.15, 0.2) is 16.3 Å². The van der Waals surface area contributed by atoms with Crippen LogP contribution in [0, 0.1) is 0 Å². The molecule has 2 atom stereocenters. The maximum absolute atomic E-state index is 12.9. The van der Waals surface area contributed by atoms with Crippen molar-refractivity contribution in [2.24, 2.45) is 4.99 Å². The molecule has 0 spiro atoms. The van der Waals surface area contributed by atoms with E-state index in [1.807, 2.05) is 30.3 Å². The van der Waals surface area contributed by atoms with Gasteiger partial charge in [0, 0.05) is 4.47 Å². The van der Waals surface area contributed by atoms with Crippen LogP contribution in [0.3, 0.4) is 0 Å². The van der Waals surface area contributed by atoms with Crippen molar-refractivity contribution in [1.82, 2.24) is 4.57 Å². The highest BCUT2D eigenvalue weighted by atomic mass is 79.9. The van der Waals surface area contributed by atoms with Crippen LogP contribution < -0.4 is 14.3 Å². The molecule has 1 aromatic heterocycles. The Hall–Kier alpha value is -2.65. The van der Waals surface area contributed by atoms with E-state index in [0.717, 1.165) is 14.7 Å². The predicted octanol–water partition coefficient (Wildman–Crippen LogP) is 3.29. The zero-order valence-corrected chi connectivity index (χ0v) is 18.0. The van der Waals surface area contributed by atoms with Gasteiger partial charge < -0.3 is 18.8 Å². The number of para-hydroxylation sites is 2. The largest absolute Gasteiger partial charge is 0.482 e. The van der Waals surface area contributed by atoms with Gasteiger partial charge in [-0.3, -0.25) is 9.59 Å². The lowest BCUT2D eigenvalue weighted by Crippen LogP contribution is -2.43. The van der Waals surface area contributed by atoms with Gasteiger partial charge in [-0.2, -0.15) is 4.99 Å². The quantitative estimate of drug-likeness (QED) is 0.541. The van der Waals surface area contributed by atoms with Crippen LogP contribution >= 0.6 is 27.3 Å². The molecule has 1 amide bonds. The number of thiazole rings is 1. The minimum Gasteiger partial charge on any atom is -0.482 e. The molecule has 2 heterocycles. The van der Waals surface area contributed by atoms with Gasteiger partial charge in [0.2, 0.25) is 6.10 Å². The summed E-state index contributed by atoms with van der Waals surface area (Å²) in [4.78, 5) is 29.5. The first kappa shape index (κ1) is 19.7. The molecule has 0 N–H and O–H groups in total. The molecule has 0 saturated heterocycles. The Labute approximate surface area is 178 Å². The lowest BCUT2D eigenvalue weighted by atomic mass is 10.1. The summed E-state index contributed by atoms with van der Waals surface area (Å²) >= 11 is 4.75. The molecular formula is C20H17BrN2O5S. The molecule has 3 aromatic rings. The number of hydrogen-bond acceptors (Lipinski definition) is 6. The summed E-state index contributed by atoms with van der Waals surface area (Å²) in [5.74, 6) is 0.190. The Balaban J connectivity index is 1.74. The van der Waals surface area contributed by atoms with Gasteiger partial charge in [-0.05, 0) is 37.3 Å². The molecule has 1 aliphatic rings. The lowest BCUT2D eigenvalue weighted by molar-refractivity contribution is -0.141. The van der Waals surface area contributed by atoms with Crippen molar-refractivity contribution in [3.05, 3.63) is 51.7 Å². The number of fused-ring (bicyclic) bond motifs is 2. The summed E-state index contributed by atoms with van der Waals surface area (Å²) in [7, 11) is 1.32. The fraction of sp³-hybridized carbons (Fsp3) is 0.250. The van der Waals surface area contributed by atoms with E-state index in [2.05, 4.69) is 20.9 Å². The molecule has 150 valence electrons. The molecular weight excluding hydrogens is 460 g/mol. The van der Waals surface area contributed by atoms with Gasteiger partial charge in [-0.25, -0.2) is 0 Å². The molecule has 1 aliphatic heterocycles. The van der Waals surface area contributed by atoms with Crippen LogP contribution in [0.5, 0.6) is 11.5 Å². The lowest BCUT2D eigenvalue weighted by Gasteiger charge is -2.29. The van der Waals surface area contributed by atoms with Gasteiger partial charge in [0.1, 0.15) is 12.6 Å². The smallest absolute Gasteiger partial charge is 0.325 e. The number of methoxy groups -OCH3 is 1. The van der Waals surface area contributed by atoms with Crippen LogP contribution in [0.15, 0.2) is 51.9 Å². The normalized spacial score (nSPS) is 18.7. The van der Waals surface area contributed by atoms with Crippen LogP contribution in [0.25, 0.3) is 10.2 Å². The Bertz CT molecular complexity index is 1170. The third-order valence-corrected chi connectivity index (χ3v) is 5.99.